The highest BCUT2D eigenvalue weighted by Gasteiger charge is 2.64. The zero-order valence-corrected chi connectivity index (χ0v) is 17.4. The third kappa shape index (κ3) is 5.06. The number of unbranched alkanes of at least 4 members (excludes halogenated alkanes) is 1. The Balaban J connectivity index is 1.42. The average Bonchev–Trinajstić information content (AvgIpc) is 3.23. The lowest BCUT2D eigenvalue weighted by Crippen LogP contribution is -2.43. The van der Waals surface area contributed by atoms with E-state index in [2.05, 4.69) is 15.5 Å². The highest BCUT2D eigenvalue weighted by Crippen LogP contribution is 2.41. The molecule has 1 aliphatic rings. The topological polar surface area (TPSA) is 106 Å². The lowest BCUT2D eigenvalue weighted by atomic mass is 10.1. The number of carbonyl (C=O) groups is 2. The number of hydrogen-bond donors (Lipinski definition) is 2. The third-order valence-electron chi connectivity index (χ3n) is 5.15. The molecule has 1 aromatic heterocycles. The number of para-hydroxylation sites is 1. The summed E-state index contributed by atoms with van der Waals surface area (Å²) in [4.78, 5) is 26.2. The van der Waals surface area contributed by atoms with Gasteiger partial charge in [-0.15, -0.1) is 5.10 Å². The van der Waals surface area contributed by atoms with Crippen LogP contribution in [0.5, 0.6) is 0 Å². The van der Waals surface area contributed by atoms with Gasteiger partial charge in [-0.25, -0.2) is 0 Å². The minimum atomic E-state index is -4.26. The molecule has 1 aromatic carbocycles. The van der Waals surface area contributed by atoms with E-state index in [0.717, 1.165) is 0 Å². The summed E-state index contributed by atoms with van der Waals surface area (Å²) in [6, 6.07) is 7.94. The quantitative estimate of drug-likeness (QED) is 0.466. The Morgan fingerprint density at radius 3 is 2.34 bits per heavy atom. The Labute approximate surface area is 181 Å². The van der Waals surface area contributed by atoms with Gasteiger partial charge in [0.05, 0.1) is 30.5 Å². The van der Waals surface area contributed by atoms with Crippen molar-refractivity contribution in [2.24, 2.45) is 5.73 Å². The number of nitrogens with one attached hydrogen (secondary N) is 1. The van der Waals surface area contributed by atoms with Crippen LogP contribution >= 0.6 is 0 Å². The normalized spacial score (nSPS) is 17.9. The van der Waals surface area contributed by atoms with Crippen molar-refractivity contribution in [1.82, 2.24) is 25.2 Å². The van der Waals surface area contributed by atoms with Crippen LogP contribution in [0.2, 0.25) is 0 Å². The zero-order chi connectivity index (χ0) is 23.5. The van der Waals surface area contributed by atoms with Crippen LogP contribution in [0.15, 0.2) is 30.3 Å². The summed E-state index contributed by atoms with van der Waals surface area (Å²) in [6.45, 7) is -0.758. The van der Waals surface area contributed by atoms with Gasteiger partial charge >= 0.3 is 11.8 Å². The Kier molecular flexibility index (Phi) is 6.82. The van der Waals surface area contributed by atoms with Gasteiger partial charge in [-0.3, -0.25) is 9.59 Å². The third-order valence-corrected chi connectivity index (χ3v) is 5.15. The molecule has 0 bridgehead atoms. The molecule has 1 saturated heterocycles. The largest absolute Gasteiger partial charge is 0.351 e. The van der Waals surface area contributed by atoms with Crippen molar-refractivity contribution in [3.05, 3.63) is 41.7 Å². The summed E-state index contributed by atoms with van der Waals surface area (Å²) in [7, 11) is 0. The molecule has 12 heteroatoms. The van der Waals surface area contributed by atoms with Crippen LogP contribution in [0.3, 0.4) is 0 Å². The number of nitrogens with two attached hydrogens (primary N) is 1. The molecular formula is C20H24F4N6O2. The molecule has 0 spiro atoms. The van der Waals surface area contributed by atoms with E-state index in [1.165, 1.54) is 4.80 Å². The second-order valence-electron chi connectivity index (χ2n) is 7.72. The first-order chi connectivity index (χ1) is 15.0. The van der Waals surface area contributed by atoms with Crippen molar-refractivity contribution in [3.8, 4) is 5.69 Å². The highest BCUT2D eigenvalue weighted by atomic mass is 19.3. The number of nitrogens with zero attached hydrogens (tertiary/aromatic N) is 4. The summed E-state index contributed by atoms with van der Waals surface area (Å²) < 4.78 is 53.0. The maximum absolute atomic E-state index is 13.3. The Morgan fingerprint density at radius 1 is 1.09 bits per heavy atom. The molecule has 8 nitrogen and oxygen atoms in total. The van der Waals surface area contributed by atoms with Gasteiger partial charge in [0, 0.05) is 6.54 Å². The van der Waals surface area contributed by atoms with Crippen molar-refractivity contribution in [3.63, 3.8) is 0 Å². The molecule has 3 N–H and O–H groups in total. The first-order valence-corrected chi connectivity index (χ1v) is 10.1. The van der Waals surface area contributed by atoms with Gasteiger partial charge in [0.2, 0.25) is 5.91 Å². The summed E-state index contributed by atoms with van der Waals surface area (Å²) in [5.41, 5.74) is 7.04. The summed E-state index contributed by atoms with van der Waals surface area (Å²) in [5.74, 6) is -9.86. The van der Waals surface area contributed by atoms with Gasteiger partial charge in [-0.1, -0.05) is 18.2 Å². The van der Waals surface area contributed by atoms with E-state index in [1.54, 1.807) is 19.1 Å². The van der Waals surface area contributed by atoms with Crippen molar-refractivity contribution < 1.29 is 27.2 Å². The van der Waals surface area contributed by atoms with Crippen LogP contribution in [0.4, 0.5) is 17.6 Å². The van der Waals surface area contributed by atoms with Gasteiger partial charge in [-0.2, -0.15) is 27.5 Å². The highest BCUT2D eigenvalue weighted by molar-refractivity contribution is 5.93. The molecule has 32 heavy (non-hydrogen) atoms. The van der Waals surface area contributed by atoms with E-state index >= 15 is 0 Å². The first-order valence-electron chi connectivity index (χ1n) is 10.1. The number of alkyl halides is 4. The van der Waals surface area contributed by atoms with Crippen LogP contribution in [-0.2, 0) is 4.79 Å². The van der Waals surface area contributed by atoms with Crippen molar-refractivity contribution in [1.29, 1.82) is 0 Å². The Hall–Kier alpha value is -3.02. The Bertz CT molecular complexity index is 950. The summed E-state index contributed by atoms with van der Waals surface area (Å²) in [5, 5.41) is 11.1. The standard InChI is InChI=1S/C20H24F4N6O2/c1-13-16(28-30(27-13)14-7-3-2-4-8-14)17(31)26-10-6-5-9-15(25)18(32)29-11-19(21,22)20(23,24)12-29/h2-4,7-8,15H,5-6,9-12,25H2,1H3,(H,26,31)/t15-/m0/s1. The predicted octanol–water partition coefficient (Wildman–Crippen LogP) is 1.92. The summed E-state index contributed by atoms with van der Waals surface area (Å²) >= 11 is 0. The lowest BCUT2D eigenvalue weighted by molar-refractivity contribution is -0.172. The first kappa shape index (κ1) is 23.6. The number of rotatable bonds is 8. The number of likely N-dealkylation sites (tertiary alicyclic amines) is 1. The molecule has 1 atom stereocenters. The zero-order valence-electron chi connectivity index (χ0n) is 17.4. The second kappa shape index (κ2) is 9.23. The van der Waals surface area contributed by atoms with E-state index in [0.29, 0.717) is 29.1 Å². The van der Waals surface area contributed by atoms with Crippen LogP contribution in [0.25, 0.3) is 5.69 Å². The maximum Gasteiger partial charge on any atom is 0.329 e. The molecule has 2 amide bonds. The molecule has 1 fully saturated rings. The number of hydrogen-bond acceptors (Lipinski definition) is 5. The van der Waals surface area contributed by atoms with E-state index in [-0.39, 0.29) is 18.7 Å². The van der Waals surface area contributed by atoms with Crippen molar-refractivity contribution in [2.45, 2.75) is 44.1 Å². The maximum atomic E-state index is 13.3. The number of aryl methyl sites for hydroxylation is 1. The Morgan fingerprint density at radius 2 is 1.72 bits per heavy atom. The fraction of sp³-hybridized carbons (Fsp3) is 0.500. The van der Waals surface area contributed by atoms with Crippen molar-refractivity contribution >= 4 is 11.8 Å². The minimum absolute atomic E-state index is 0.117. The second-order valence-corrected chi connectivity index (χ2v) is 7.72. The van der Waals surface area contributed by atoms with E-state index in [4.69, 9.17) is 5.73 Å². The van der Waals surface area contributed by atoms with Crippen LogP contribution in [0, 0.1) is 6.92 Å². The molecule has 2 heterocycles. The molecule has 174 valence electrons. The lowest BCUT2D eigenvalue weighted by Gasteiger charge is -2.19. The molecule has 0 radical (unpaired) electrons. The fourth-order valence-corrected chi connectivity index (χ4v) is 3.32. The van der Waals surface area contributed by atoms with Gasteiger partial charge < -0.3 is 16.0 Å². The van der Waals surface area contributed by atoms with E-state index in [1.807, 2.05) is 18.2 Å². The number of halogens is 4. The monoisotopic (exact) mass is 456 g/mol. The molecule has 0 aliphatic carbocycles. The van der Waals surface area contributed by atoms with Crippen LogP contribution < -0.4 is 11.1 Å². The van der Waals surface area contributed by atoms with E-state index < -0.39 is 42.8 Å². The minimum Gasteiger partial charge on any atom is -0.351 e. The number of aromatic nitrogens is 3. The number of carbonyl (C=O) groups excluding carboxylic acids is 2. The predicted molar refractivity (Wildman–Crippen MR) is 107 cm³/mol. The van der Waals surface area contributed by atoms with Gasteiger partial charge in [0.1, 0.15) is 0 Å². The van der Waals surface area contributed by atoms with Gasteiger partial charge in [0.15, 0.2) is 5.69 Å². The number of amides is 2. The molecule has 0 unspecified atom stereocenters. The molecule has 0 saturated carbocycles. The van der Waals surface area contributed by atoms with Gasteiger partial charge in [0.25, 0.3) is 5.91 Å². The van der Waals surface area contributed by atoms with Crippen LogP contribution in [0.1, 0.15) is 35.4 Å². The SMILES string of the molecule is Cc1nn(-c2ccccc2)nc1C(=O)NCCCC[C@H](N)C(=O)N1CC(F)(F)C(F)(F)C1. The van der Waals surface area contributed by atoms with E-state index in [9.17, 15) is 27.2 Å². The number of benzene rings is 1. The van der Waals surface area contributed by atoms with Crippen LogP contribution in [-0.4, -0.2) is 69.2 Å². The molecule has 2 aromatic rings. The fourth-order valence-electron chi connectivity index (χ4n) is 3.32. The molecule has 3 rings (SSSR count). The summed E-state index contributed by atoms with van der Waals surface area (Å²) in [6.07, 6.45) is 0.958. The van der Waals surface area contributed by atoms with Gasteiger partial charge in [-0.05, 0) is 38.3 Å². The molecule has 1 aliphatic heterocycles. The van der Waals surface area contributed by atoms with Crippen molar-refractivity contribution in [2.75, 3.05) is 19.6 Å². The smallest absolute Gasteiger partial charge is 0.329 e. The molecular weight excluding hydrogens is 432 g/mol. The average molecular weight is 456 g/mol.